The number of rotatable bonds is 4. The Labute approximate surface area is 131 Å². The number of hydrogen-bond acceptors (Lipinski definition) is 4. The molecule has 0 saturated heterocycles. The fourth-order valence-corrected chi connectivity index (χ4v) is 3.52. The standard InChI is InChI=1S/C14H14Cl2O3S/c1-7-4-10(18-2)11(19-3)5-8(7)13(17)9-6-12(15)20-14(9)16/h4-6,13,17H,1-3H3. The predicted molar refractivity (Wildman–Crippen MR) is 82.7 cm³/mol. The van der Waals surface area contributed by atoms with Crippen molar-refractivity contribution in [3.8, 4) is 11.5 Å². The highest BCUT2D eigenvalue weighted by Gasteiger charge is 2.20. The monoisotopic (exact) mass is 332 g/mol. The van der Waals surface area contributed by atoms with E-state index in [1.54, 1.807) is 26.4 Å². The van der Waals surface area contributed by atoms with Crippen LogP contribution in [0.3, 0.4) is 0 Å². The van der Waals surface area contributed by atoms with Crippen molar-refractivity contribution >= 4 is 34.5 Å². The Balaban J connectivity index is 2.49. The maximum absolute atomic E-state index is 10.5. The Bertz CT molecular complexity index is 625. The minimum atomic E-state index is -0.856. The summed E-state index contributed by atoms with van der Waals surface area (Å²) in [6.45, 7) is 1.89. The van der Waals surface area contributed by atoms with Gasteiger partial charge in [-0.05, 0) is 36.2 Å². The number of aliphatic hydroxyl groups is 1. The van der Waals surface area contributed by atoms with Gasteiger partial charge in [-0.3, -0.25) is 0 Å². The third-order valence-corrected chi connectivity index (χ3v) is 4.56. The van der Waals surface area contributed by atoms with Crippen LogP contribution in [0, 0.1) is 6.92 Å². The molecule has 0 spiro atoms. The Hall–Kier alpha value is -0.940. The van der Waals surface area contributed by atoms with Crippen LogP contribution in [-0.4, -0.2) is 19.3 Å². The highest BCUT2D eigenvalue weighted by atomic mass is 35.5. The smallest absolute Gasteiger partial charge is 0.161 e. The molecular weight excluding hydrogens is 319 g/mol. The van der Waals surface area contributed by atoms with Crippen LogP contribution in [0.1, 0.15) is 22.8 Å². The van der Waals surface area contributed by atoms with Crippen molar-refractivity contribution in [3.05, 3.63) is 43.6 Å². The predicted octanol–water partition coefficient (Wildman–Crippen LogP) is 4.46. The zero-order valence-corrected chi connectivity index (χ0v) is 13.6. The van der Waals surface area contributed by atoms with Crippen molar-refractivity contribution in [2.45, 2.75) is 13.0 Å². The van der Waals surface area contributed by atoms with Gasteiger partial charge >= 0.3 is 0 Å². The van der Waals surface area contributed by atoms with E-state index in [2.05, 4.69) is 0 Å². The molecule has 0 fully saturated rings. The van der Waals surface area contributed by atoms with Gasteiger partial charge in [0.25, 0.3) is 0 Å². The van der Waals surface area contributed by atoms with Crippen LogP contribution < -0.4 is 9.47 Å². The summed E-state index contributed by atoms with van der Waals surface area (Å²) in [6.07, 6.45) is -0.856. The molecule has 20 heavy (non-hydrogen) atoms. The molecule has 1 heterocycles. The first-order chi connectivity index (χ1) is 9.47. The first kappa shape index (κ1) is 15.4. The van der Waals surface area contributed by atoms with Crippen molar-refractivity contribution in [1.29, 1.82) is 0 Å². The van der Waals surface area contributed by atoms with Gasteiger partial charge in [0, 0.05) is 5.56 Å². The van der Waals surface area contributed by atoms with Crippen LogP contribution in [0.25, 0.3) is 0 Å². The van der Waals surface area contributed by atoms with Gasteiger partial charge in [-0.25, -0.2) is 0 Å². The molecule has 2 aromatic rings. The Morgan fingerprint density at radius 3 is 2.15 bits per heavy atom. The summed E-state index contributed by atoms with van der Waals surface area (Å²) >= 11 is 13.2. The third-order valence-electron chi connectivity index (χ3n) is 3.04. The molecule has 6 heteroatoms. The van der Waals surface area contributed by atoms with E-state index in [9.17, 15) is 5.11 Å². The minimum Gasteiger partial charge on any atom is -0.493 e. The SMILES string of the molecule is COc1cc(C)c(C(O)c2cc(Cl)sc2Cl)cc1OC. The zero-order chi connectivity index (χ0) is 14.9. The van der Waals surface area contributed by atoms with E-state index in [1.165, 1.54) is 11.3 Å². The van der Waals surface area contributed by atoms with Crippen molar-refractivity contribution < 1.29 is 14.6 Å². The minimum absolute atomic E-state index is 0.483. The second-order valence-electron chi connectivity index (χ2n) is 4.25. The summed E-state index contributed by atoms with van der Waals surface area (Å²) in [7, 11) is 3.13. The molecule has 2 rings (SSSR count). The van der Waals surface area contributed by atoms with Gasteiger partial charge in [0.05, 0.1) is 18.6 Å². The van der Waals surface area contributed by atoms with Crippen LogP contribution in [-0.2, 0) is 0 Å². The lowest BCUT2D eigenvalue weighted by molar-refractivity contribution is 0.219. The van der Waals surface area contributed by atoms with Gasteiger partial charge in [-0.2, -0.15) is 0 Å². The lowest BCUT2D eigenvalue weighted by Gasteiger charge is -2.17. The van der Waals surface area contributed by atoms with Gasteiger partial charge in [0.1, 0.15) is 10.4 Å². The summed E-state index contributed by atoms with van der Waals surface area (Å²) in [5.74, 6) is 1.18. The van der Waals surface area contributed by atoms with Gasteiger partial charge in [-0.1, -0.05) is 23.2 Å². The average Bonchev–Trinajstić information content (AvgIpc) is 2.76. The molecule has 0 bridgehead atoms. The normalized spacial score (nSPS) is 12.3. The van der Waals surface area contributed by atoms with Crippen molar-refractivity contribution in [2.24, 2.45) is 0 Å². The summed E-state index contributed by atoms with van der Waals surface area (Å²) in [5.41, 5.74) is 2.18. The number of benzene rings is 1. The Morgan fingerprint density at radius 2 is 1.65 bits per heavy atom. The van der Waals surface area contributed by atoms with Gasteiger partial charge in [0.15, 0.2) is 11.5 Å². The fraction of sp³-hybridized carbons (Fsp3) is 0.286. The largest absolute Gasteiger partial charge is 0.493 e. The molecule has 0 radical (unpaired) electrons. The molecule has 1 aromatic carbocycles. The third kappa shape index (κ3) is 2.88. The molecule has 0 saturated carbocycles. The van der Waals surface area contributed by atoms with Crippen LogP contribution >= 0.6 is 34.5 Å². The maximum Gasteiger partial charge on any atom is 0.161 e. The van der Waals surface area contributed by atoms with E-state index in [-0.39, 0.29) is 0 Å². The van der Waals surface area contributed by atoms with Crippen LogP contribution in [0.2, 0.25) is 8.67 Å². The molecule has 0 aliphatic carbocycles. The molecule has 1 unspecified atom stereocenters. The van der Waals surface area contributed by atoms with E-state index in [4.69, 9.17) is 32.7 Å². The molecule has 0 aliphatic heterocycles. The van der Waals surface area contributed by atoms with E-state index in [0.717, 1.165) is 5.56 Å². The first-order valence-corrected chi connectivity index (χ1v) is 7.40. The zero-order valence-electron chi connectivity index (χ0n) is 11.2. The maximum atomic E-state index is 10.5. The van der Waals surface area contributed by atoms with E-state index in [1.807, 2.05) is 13.0 Å². The van der Waals surface area contributed by atoms with Crippen LogP contribution in [0.15, 0.2) is 18.2 Å². The fourth-order valence-electron chi connectivity index (χ4n) is 2.00. The lowest BCUT2D eigenvalue weighted by atomic mass is 9.98. The second-order valence-corrected chi connectivity index (χ2v) is 6.53. The Morgan fingerprint density at radius 1 is 1.05 bits per heavy atom. The summed E-state index contributed by atoms with van der Waals surface area (Å²) < 4.78 is 11.5. The summed E-state index contributed by atoms with van der Waals surface area (Å²) in [6, 6.07) is 5.25. The number of hydrogen-bond donors (Lipinski definition) is 1. The van der Waals surface area contributed by atoms with Gasteiger partial charge in [-0.15, -0.1) is 11.3 Å². The van der Waals surface area contributed by atoms with Crippen LogP contribution in [0.4, 0.5) is 0 Å². The van der Waals surface area contributed by atoms with Gasteiger partial charge in [0.2, 0.25) is 0 Å². The van der Waals surface area contributed by atoms with E-state index in [0.29, 0.717) is 31.3 Å². The van der Waals surface area contributed by atoms with E-state index >= 15 is 0 Å². The number of ether oxygens (including phenoxy) is 2. The average molecular weight is 333 g/mol. The molecule has 1 atom stereocenters. The number of halogens is 2. The van der Waals surface area contributed by atoms with Crippen molar-refractivity contribution in [3.63, 3.8) is 0 Å². The molecule has 0 amide bonds. The van der Waals surface area contributed by atoms with Crippen molar-refractivity contribution in [1.82, 2.24) is 0 Å². The summed E-state index contributed by atoms with van der Waals surface area (Å²) in [5, 5.41) is 10.5. The Kier molecular flexibility index (Phi) is 4.81. The van der Waals surface area contributed by atoms with E-state index < -0.39 is 6.10 Å². The number of thiophene rings is 1. The quantitative estimate of drug-likeness (QED) is 0.898. The number of aliphatic hydroxyl groups excluding tert-OH is 1. The second kappa shape index (κ2) is 6.22. The lowest BCUT2D eigenvalue weighted by Crippen LogP contribution is -2.03. The summed E-state index contributed by atoms with van der Waals surface area (Å²) in [4.78, 5) is 0. The number of methoxy groups -OCH3 is 2. The molecule has 1 N–H and O–H groups in total. The topological polar surface area (TPSA) is 38.7 Å². The molecule has 1 aromatic heterocycles. The highest BCUT2D eigenvalue weighted by Crippen LogP contribution is 2.40. The first-order valence-electron chi connectivity index (χ1n) is 5.83. The van der Waals surface area contributed by atoms with Gasteiger partial charge < -0.3 is 14.6 Å². The highest BCUT2D eigenvalue weighted by molar-refractivity contribution is 7.20. The molecular formula is C14H14Cl2O3S. The molecule has 3 nitrogen and oxygen atoms in total. The molecule has 108 valence electrons. The molecule has 0 aliphatic rings. The van der Waals surface area contributed by atoms with Crippen molar-refractivity contribution in [2.75, 3.05) is 14.2 Å². The van der Waals surface area contributed by atoms with Crippen LogP contribution in [0.5, 0.6) is 11.5 Å². The number of aryl methyl sites for hydroxylation is 1.